The number of para-hydroxylation sites is 1. The first kappa shape index (κ1) is 25.6. The minimum atomic E-state index is -3.42. The van der Waals surface area contributed by atoms with Gasteiger partial charge in [0, 0.05) is 43.4 Å². The molecule has 6 aromatic rings. The van der Waals surface area contributed by atoms with Crippen LogP contribution in [0.25, 0.3) is 55.8 Å². The molecule has 40 heavy (non-hydrogen) atoms. The van der Waals surface area contributed by atoms with E-state index in [4.69, 9.17) is 4.98 Å². The summed E-state index contributed by atoms with van der Waals surface area (Å²) in [6.45, 7) is -0.0199. The molecule has 0 saturated carbocycles. The predicted octanol–water partition coefficient (Wildman–Crippen LogP) is 4.48. The van der Waals surface area contributed by atoms with Crippen molar-refractivity contribution in [3.05, 3.63) is 78.5 Å². The number of fused-ring (bicyclic) bond motifs is 2. The molecule has 202 valence electrons. The van der Waals surface area contributed by atoms with Crippen LogP contribution in [0, 0.1) is 5.82 Å². The highest BCUT2D eigenvalue weighted by Gasteiger charge is 2.17. The number of aromatic nitrogens is 6. The summed E-state index contributed by atoms with van der Waals surface area (Å²) in [4.78, 5) is 19.1. The summed E-state index contributed by atoms with van der Waals surface area (Å²) in [5.41, 5.74) is 7.13. The molecule has 0 atom stereocenters. The molecule has 0 unspecified atom stereocenters. The molecule has 0 radical (unpaired) electrons. The third-order valence-electron chi connectivity index (χ3n) is 6.53. The van der Waals surface area contributed by atoms with E-state index in [2.05, 4.69) is 29.9 Å². The summed E-state index contributed by atoms with van der Waals surface area (Å²) >= 11 is 0. The fourth-order valence-electron chi connectivity index (χ4n) is 4.57. The molecule has 0 saturated heterocycles. The molecular formula is C28H25FN8O2S. The zero-order valence-corrected chi connectivity index (χ0v) is 22.7. The average Bonchev–Trinajstić information content (AvgIpc) is 3.55. The zero-order chi connectivity index (χ0) is 28.0. The first-order valence-electron chi connectivity index (χ1n) is 12.3. The molecule has 6 rings (SSSR count). The van der Waals surface area contributed by atoms with E-state index < -0.39 is 15.8 Å². The van der Waals surface area contributed by atoms with Gasteiger partial charge in [0.15, 0.2) is 5.82 Å². The van der Waals surface area contributed by atoms with Gasteiger partial charge >= 0.3 is 0 Å². The quantitative estimate of drug-likeness (QED) is 0.264. The van der Waals surface area contributed by atoms with Crippen LogP contribution in [0.2, 0.25) is 0 Å². The Labute approximate surface area is 229 Å². The Bertz CT molecular complexity index is 2000. The maximum absolute atomic E-state index is 14.6. The van der Waals surface area contributed by atoms with Crippen molar-refractivity contribution in [1.29, 1.82) is 0 Å². The summed E-state index contributed by atoms with van der Waals surface area (Å²) < 4.78 is 40.0. The lowest BCUT2D eigenvalue weighted by Crippen LogP contribution is -2.21. The molecule has 10 nitrogen and oxygen atoms in total. The van der Waals surface area contributed by atoms with Gasteiger partial charge < -0.3 is 9.88 Å². The van der Waals surface area contributed by atoms with E-state index in [9.17, 15) is 12.8 Å². The van der Waals surface area contributed by atoms with Gasteiger partial charge in [-0.1, -0.05) is 12.1 Å². The summed E-state index contributed by atoms with van der Waals surface area (Å²) in [5, 5.41) is 8.37. The second kappa shape index (κ2) is 9.81. The van der Waals surface area contributed by atoms with Gasteiger partial charge in [-0.2, -0.15) is 5.10 Å². The van der Waals surface area contributed by atoms with Crippen LogP contribution in [-0.4, -0.2) is 58.9 Å². The minimum absolute atomic E-state index is 0.0199. The van der Waals surface area contributed by atoms with Crippen LogP contribution in [0.1, 0.15) is 5.56 Å². The number of hydrogen-bond acceptors (Lipinski definition) is 7. The second-order valence-electron chi connectivity index (χ2n) is 9.74. The van der Waals surface area contributed by atoms with Crippen LogP contribution < -0.4 is 9.62 Å². The molecule has 4 heterocycles. The number of sulfonamides is 1. The fourth-order valence-corrected chi connectivity index (χ4v) is 5.00. The van der Waals surface area contributed by atoms with Crippen LogP contribution in [0.4, 0.5) is 10.1 Å². The fraction of sp³-hybridized carbons (Fsp3) is 0.143. The number of benzene rings is 2. The standard InChI is InChI=1S/C28H25FN8O2S/c1-37(2)20-10-18(13-30-14-20)24-11-22-25(15-31-24)35-36-27(22)28-33-23-6-4-5-21(26(23)34-28)17-7-16(8-19(29)9-17)12-32-40(3,38)39/h4-11,13-15,32H,12H2,1-3H3,(H,33,34)(H,35,36). The van der Waals surface area contributed by atoms with Crippen molar-refractivity contribution in [2.45, 2.75) is 6.54 Å². The summed E-state index contributed by atoms with van der Waals surface area (Å²) in [6.07, 6.45) is 6.36. The smallest absolute Gasteiger partial charge is 0.209 e. The van der Waals surface area contributed by atoms with Crippen molar-refractivity contribution < 1.29 is 12.8 Å². The lowest BCUT2D eigenvalue weighted by atomic mass is 10.0. The number of nitrogens with zero attached hydrogens (tertiary/aromatic N) is 5. The number of H-pyrrole nitrogens is 2. The van der Waals surface area contributed by atoms with E-state index in [0.717, 1.165) is 39.6 Å². The Morgan fingerprint density at radius 1 is 1.00 bits per heavy atom. The number of hydrogen-bond donors (Lipinski definition) is 3. The number of rotatable bonds is 7. The Balaban J connectivity index is 1.42. The topological polar surface area (TPSA) is 133 Å². The van der Waals surface area contributed by atoms with Gasteiger partial charge in [0.2, 0.25) is 10.0 Å². The molecule has 0 aliphatic rings. The molecule has 0 aliphatic heterocycles. The van der Waals surface area contributed by atoms with E-state index >= 15 is 0 Å². The number of anilines is 1. The van der Waals surface area contributed by atoms with Gasteiger partial charge in [-0.25, -0.2) is 22.5 Å². The van der Waals surface area contributed by atoms with Crippen LogP contribution in [-0.2, 0) is 16.6 Å². The van der Waals surface area contributed by atoms with E-state index in [1.54, 1.807) is 24.7 Å². The summed E-state index contributed by atoms with van der Waals surface area (Å²) in [7, 11) is 0.490. The molecule has 0 spiro atoms. The highest BCUT2D eigenvalue weighted by Crippen LogP contribution is 2.33. The molecule has 0 amide bonds. The molecule has 0 bridgehead atoms. The molecule has 0 fully saturated rings. The minimum Gasteiger partial charge on any atom is -0.376 e. The lowest BCUT2D eigenvalue weighted by Gasteiger charge is -2.12. The maximum Gasteiger partial charge on any atom is 0.209 e. The van der Waals surface area contributed by atoms with Gasteiger partial charge in [0.05, 0.1) is 46.6 Å². The number of halogens is 1. The van der Waals surface area contributed by atoms with Crippen LogP contribution >= 0.6 is 0 Å². The predicted molar refractivity (Wildman–Crippen MR) is 154 cm³/mol. The van der Waals surface area contributed by atoms with Crippen molar-refractivity contribution in [3.8, 4) is 33.9 Å². The summed E-state index contributed by atoms with van der Waals surface area (Å²) in [5.74, 6) is 0.0723. The molecule has 0 aliphatic carbocycles. The van der Waals surface area contributed by atoms with Gasteiger partial charge in [-0.3, -0.25) is 15.1 Å². The Kier molecular flexibility index (Phi) is 6.28. The average molecular weight is 557 g/mol. The molecule has 4 aromatic heterocycles. The molecule has 12 heteroatoms. The second-order valence-corrected chi connectivity index (χ2v) is 11.6. The maximum atomic E-state index is 14.6. The number of imidazole rings is 1. The first-order chi connectivity index (χ1) is 19.1. The van der Waals surface area contributed by atoms with Crippen molar-refractivity contribution in [2.75, 3.05) is 25.3 Å². The summed E-state index contributed by atoms with van der Waals surface area (Å²) in [6, 6.07) is 14.0. The number of pyridine rings is 2. The third-order valence-corrected chi connectivity index (χ3v) is 7.20. The molecule has 3 N–H and O–H groups in total. The van der Waals surface area contributed by atoms with Gasteiger partial charge in [-0.05, 0) is 47.5 Å². The van der Waals surface area contributed by atoms with Crippen molar-refractivity contribution in [1.82, 2.24) is 34.9 Å². The van der Waals surface area contributed by atoms with Crippen molar-refractivity contribution in [2.24, 2.45) is 0 Å². The zero-order valence-electron chi connectivity index (χ0n) is 21.9. The first-order valence-corrected chi connectivity index (χ1v) is 14.2. The van der Waals surface area contributed by atoms with E-state index in [-0.39, 0.29) is 6.54 Å². The highest BCUT2D eigenvalue weighted by molar-refractivity contribution is 7.88. The SMILES string of the molecule is CN(C)c1cncc(-c2cc3c(-c4nc5c(-c6cc(F)cc(CNS(C)(=O)=O)c6)cccc5[nH]4)n[nH]c3cn2)c1. The van der Waals surface area contributed by atoms with Gasteiger partial charge in [0.25, 0.3) is 0 Å². The lowest BCUT2D eigenvalue weighted by molar-refractivity contribution is 0.586. The van der Waals surface area contributed by atoms with E-state index in [1.807, 2.05) is 49.3 Å². The normalized spacial score (nSPS) is 11.9. The monoisotopic (exact) mass is 556 g/mol. The van der Waals surface area contributed by atoms with Crippen molar-refractivity contribution >= 4 is 37.6 Å². The Hall–Kier alpha value is -4.68. The van der Waals surface area contributed by atoms with Crippen LogP contribution in [0.3, 0.4) is 0 Å². The van der Waals surface area contributed by atoms with Gasteiger partial charge in [0.1, 0.15) is 11.5 Å². The van der Waals surface area contributed by atoms with Crippen LogP contribution in [0.5, 0.6) is 0 Å². The Morgan fingerprint density at radius 3 is 2.65 bits per heavy atom. The molecule has 2 aromatic carbocycles. The largest absolute Gasteiger partial charge is 0.376 e. The Morgan fingerprint density at radius 2 is 1.85 bits per heavy atom. The van der Waals surface area contributed by atoms with Crippen LogP contribution in [0.15, 0.2) is 67.1 Å². The highest BCUT2D eigenvalue weighted by atomic mass is 32.2. The van der Waals surface area contributed by atoms with E-state index in [0.29, 0.717) is 33.7 Å². The van der Waals surface area contributed by atoms with E-state index in [1.165, 1.54) is 12.1 Å². The number of aromatic amines is 2. The van der Waals surface area contributed by atoms with Gasteiger partial charge in [-0.15, -0.1) is 0 Å². The van der Waals surface area contributed by atoms with Crippen molar-refractivity contribution in [3.63, 3.8) is 0 Å². The third kappa shape index (κ3) is 5.01. The number of nitrogens with one attached hydrogen (secondary N) is 3. The molecular weight excluding hydrogens is 531 g/mol.